The number of nitrogens with one attached hydrogen (secondary N) is 3. The molecule has 0 aliphatic carbocycles. The lowest BCUT2D eigenvalue weighted by molar-refractivity contribution is -0.140. The standard InChI is InChI=1S/C13H25N3O4.ClH/c1-6-7-9(11(18)19)14-8(2)10(17)15-12(20)16-13(3,4)5;/h8-9,14H,6-7H2,1-5H3,(H,18,19)(H2,15,16,17,20);1H. The van der Waals surface area contributed by atoms with Crippen LogP contribution in [0.4, 0.5) is 4.79 Å². The third kappa shape index (κ3) is 10.1. The highest BCUT2D eigenvalue weighted by Crippen LogP contribution is 2.00. The number of halogens is 1. The molecular weight excluding hydrogens is 298 g/mol. The molecule has 8 heteroatoms. The van der Waals surface area contributed by atoms with Crippen molar-refractivity contribution in [1.82, 2.24) is 16.0 Å². The normalized spacial score (nSPS) is 13.6. The van der Waals surface area contributed by atoms with Gasteiger partial charge in [0.2, 0.25) is 5.91 Å². The Morgan fingerprint density at radius 2 is 1.71 bits per heavy atom. The highest BCUT2D eigenvalue weighted by molar-refractivity contribution is 5.97. The lowest BCUT2D eigenvalue weighted by Gasteiger charge is -2.22. The van der Waals surface area contributed by atoms with Gasteiger partial charge in [0.1, 0.15) is 6.04 Å². The third-order valence-electron chi connectivity index (χ3n) is 2.45. The van der Waals surface area contributed by atoms with Crippen molar-refractivity contribution in [1.29, 1.82) is 0 Å². The van der Waals surface area contributed by atoms with Gasteiger partial charge in [0.05, 0.1) is 6.04 Å². The van der Waals surface area contributed by atoms with Crippen molar-refractivity contribution in [2.45, 2.75) is 65.1 Å². The number of carboxylic acid groups (broad SMARTS) is 1. The van der Waals surface area contributed by atoms with Gasteiger partial charge >= 0.3 is 12.0 Å². The number of hydrogen-bond donors (Lipinski definition) is 4. The van der Waals surface area contributed by atoms with Crippen molar-refractivity contribution in [2.75, 3.05) is 0 Å². The molecule has 2 atom stereocenters. The fourth-order valence-electron chi connectivity index (χ4n) is 1.54. The largest absolute Gasteiger partial charge is 0.480 e. The number of rotatable bonds is 6. The minimum absolute atomic E-state index is 0. The summed E-state index contributed by atoms with van der Waals surface area (Å²) in [5.74, 6) is -1.57. The van der Waals surface area contributed by atoms with Crippen LogP contribution in [0.25, 0.3) is 0 Å². The first-order valence-electron chi connectivity index (χ1n) is 6.68. The Morgan fingerprint density at radius 1 is 1.19 bits per heavy atom. The fraction of sp³-hybridized carbons (Fsp3) is 0.769. The Hall–Kier alpha value is -1.34. The van der Waals surface area contributed by atoms with Crippen molar-refractivity contribution in [3.8, 4) is 0 Å². The number of carboxylic acids is 1. The highest BCUT2D eigenvalue weighted by atomic mass is 35.5. The van der Waals surface area contributed by atoms with E-state index in [4.69, 9.17) is 5.11 Å². The molecule has 0 aromatic rings. The van der Waals surface area contributed by atoms with E-state index in [9.17, 15) is 14.4 Å². The molecule has 0 fully saturated rings. The summed E-state index contributed by atoms with van der Waals surface area (Å²) < 4.78 is 0. The zero-order valence-corrected chi connectivity index (χ0v) is 14.0. The van der Waals surface area contributed by atoms with E-state index in [0.717, 1.165) is 0 Å². The van der Waals surface area contributed by atoms with Crippen molar-refractivity contribution < 1.29 is 19.5 Å². The quantitative estimate of drug-likeness (QED) is 0.588. The van der Waals surface area contributed by atoms with Gasteiger partial charge in [-0.3, -0.25) is 20.2 Å². The van der Waals surface area contributed by atoms with E-state index >= 15 is 0 Å². The van der Waals surface area contributed by atoms with Gasteiger partial charge < -0.3 is 10.4 Å². The van der Waals surface area contributed by atoms with Gasteiger partial charge in [-0.1, -0.05) is 13.3 Å². The van der Waals surface area contributed by atoms with Gasteiger partial charge in [-0.05, 0) is 34.1 Å². The third-order valence-corrected chi connectivity index (χ3v) is 2.45. The number of carbonyl (C=O) groups is 3. The first kappa shape index (κ1) is 21.9. The summed E-state index contributed by atoms with van der Waals surface area (Å²) in [5.41, 5.74) is -0.452. The maximum absolute atomic E-state index is 11.8. The smallest absolute Gasteiger partial charge is 0.321 e. The number of amides is 3. The van der Waals surface area contributed by atoms with E-state index in [2.05, 4.69) is 16.0 Å². The van der Waals surface area contributed by atoms with Crippen molar-refractivity contribution in [3.63, 3.8) is 0 Å². The second-order valence-corrected chi connectivity index (χ2v) is 5.76. The predicted molar refractivity (Wildman–Crippen MR) is 82.6 cm³/mol. The topological polar surface area (TPSA) is 108 Å². The first-order valence-corrected chi connectivity index (χ1v) is 6.68. The Morgan fingerprint density at radius 3 is 2.10 bits per heavy atom. The molecule has 0 heterocycles. The molecule has 3 amide bonds. The van der Waals surface area contributed by atoms with E-state index in [1.807, 2.05) is 6.92 Å². The van der Waals surface area contributed by atoms with Gasteiger partial charge in [0.25, 0.3) is 0 Å². The zero-order valence-electron chi connectivity index (χ0n) is 13.1. The molecule has 21 heavy (non-hydrogen) atoms. The molecule has 7 nitrogen and oxygen atoms in total. The van der Waals surface area contributed by atoms with E-state index in [1.54, 1.807) is 20.8 Å². The molecule has 0 spiro atoms. The van der Waals surface area contributed by atoms with E-state index in [1.165, 1.54) is 6.92 Å². The number of carbonyl (C=O) groups excluding carboxylic acids is 2. The molecule has 2 unspecified atom stereocenters. The summed E-state index contributed by atoms with van der Waals surface area (Å²) in [5, 5.41) is 16.5. The van der Waals surface area contributed by atoms with E-state index in [-0.39, 0.29) is 12.4 Å². The number of aliphatic carboxylic acids is 1. The molecule has 0 aliphatic rings. The van der Waals surface area contributed by atoms with Crippen LogP contribution in [0, 0.1) is 0 Å². The summed E-state index contributed by atoms with van der Waals surface area (Å²) in [7, 11) is 0. The number of hydrogen-bond acceptors (Lipinski definition) is 4. The van der Waals surface area contributed by atoms with Crippen LogP contribution in [0.15, 0.2) is 0 Å². The van der Waals surface area contributed by atoms with Gasteiger partial charge in [0.15, 0.2) is 0 Å². The van der Waals surface area contributed by atoms with Crippen LogP contribution in [0.3, 0.4) is 0 Å². The molecular formula is C13H26ClN3O4. The highest BCUT2D eigenvalue weighted by Gasteiger charge is 2.24. The molecule has 0 bridgehead atoms. The maximum atomic E-state index is 11.8. The summed E-state index contributed by atoms with van der Waals surface area (Å²) in [6, 6.07) is -2.17. The molecule has 0 aromatic heterocycles. The summed E-state index contributed by atoms with van der Waals surface area (Å²) in [6.45, 7) is 8.76. The minimum Gasteiger partial charge on any atom is -0.480 e. The molecule has 0 rings (SSSR count). The lowest BCUT2D eigenvalue weighted by atomic mass is 10.1. The Labute approximate surface area is 131 Å². The Bertz CT molecular complexity index is 369. The van der Waals surface area contributed by atoms with Crippen LogP contribution in [-0.4, -0.2) is 40.6 Å². The average molecular weight is 324 g/mol. The molecule has 0 saturated carbocycles. The number of urea groups is 1. The van der Waals surface area contributed by atoms with Crippen LogP contribution < -0.4 is 16.0 Å². The van der Waals surface area contributed by atoms with Gasteiger partial charge in [-0.2, -0.15) is 0 Å². The van der Waals surface area contributed by atoms with Crippen molar-refractivity contribution in [3.05, 3.63) is 0 Å². The lowest BCUT2D eigenvalue weighted by Crippen LogP contribution is -2.54. The van der Waals surface area contributed by atoms with Gasteiger partial charge in [-0.25, -0.2) is 4.79 Å². The van der Waals surface area contributed by atoms with Gasteiger partial charge in [-0.15, -0.1) is 12.4 Å². The van der Waals surface area contributed by atoms with Crippen molar-refractivity contribution in [2.24, 2.45) is 0 Å². The van der Waals surface area contributed by atoms with Crippen LogP contribution in [0.2, 0.25) is 0 Å². The maximum Gasteiger partial charge on any atom is 0.321 e. The molecule has 0 saturated heterocycles. The molecule has 124 valence electrons. The second kappa shape index (κ2) is 9.57. The average Bonchev–Trinajstić information content (AvgIpc) is 2.25. The SMILES string of the molecule is CCCC(NC(C)C(=O)NC(=O)NC(C)(C)C)C(=O)O.Cl. The monoisotopic (exact) mass is 323 g/mol. The van der Waals surface area contributed by atoms with Crippen molar-refractivity contribution >= 4 is 30.3 Å². The molecule has 0 aliphatic heterocycles. The Kier molecular flexibility index (Phi) is 10.0. The van der Waals surface area contributed by atoms with Gasteiger partial charge in [0, 0.05) is 5.54 Å². The van der Waals surface area contributed by atoms with E-state index < -0.39 is 35.5 Å². The fourth-order valence-corrected chi connectivity index (χ4v) is 1.54. The molecule has 4 N–H and O–H groups in total. The van der Waals surface area contributed by atoms with Crippen LogP contribution in [0.5, 0.6) is 0 Å². The zero-order chi connectivity index (χ0) is 15.9. The molecule has 0 aromatic carbocycles. The summed E-state index contributed by atoms with van der Waals surface area (Å²) in [4.78, 5) is 34.3. The first-order chi connectivity index (χ1) is 9.06. The Balaban J connectivity index is 0. The van der Waals surface area contributed by atoms with Crippen LogP contribution >= 0.6 is 12.4 Å². The predicted octanol–water partition coefficient (Wildman–Crippen LogP) is 1.26. The second-order valence-electron chi connectivity index (χ2n) is 5.76. The molecule has 0 radical (unpaired) electrons. The minimum atomic E-state index is -1.01. The van der Waals surface area contributed by atoms with Crippen LogP contribution in [-0.2, 0) is 9.59 Å². The number of imide groups is 1. The van der Waals surface area contributed by atoms with Crippen LogP contribution in [0.1, 0.15) is 47.5 Å². The summed E-state index contributed by atoms with van der Waals surface area (Å²) in [6.07, 6.45) is 1.10. The summed E-state index contributed by atoms with van der Waals surface area (Å²) >= 11 is 0. The van der Waals surface area contributed by atoms with E-state index in [0.29, 0.717) is 12.8 Å².